The van der Waals surface area contributed by atoms with Crippen molar-refractivity contribution in [2.75, 3.05) is 20.3 Å². The van der Waals surface area contributed by atoms with Crippen molar-refractivity contribution in [2.24, 2.45) is 11.8 Å². The molecule has 2 amide bonds. The number of carbonyl (C=O) groups is 2. The summed E-state index contributed by atoms with van der Waals surface area (Å²) < 4.78 is 4.92. The number of methoxy groups -OCH3 is 1. The highest BCUT2D eigenvalue weighted by molar-refractivity contribution is 5.82. The second kappa shape index (κ2) is 8.22. The minimum absolute atomic E-state index is 0.134. The summed E-state index contributed by atoms with van der Waals surface area (Å²) in [5.41, 5.74) is 0. The standard InChI is InChI=1S/C15H28N2O4/c1-10-8-11(2)12(3)17(9-10)15(20)16-13(14(18)19)6-5-7-21-4/h10-13H,5-9H2,1-4H3,(H,16,20)(H,18,19). The lowest BCUT2D eigenvalue weighted by atomic mass is 9.86. The van der Waals surface area contributed by atoms with Crippen LogP contribution in [0.15, 0.2) is 0 Å². The highest BCUT2D eigenvalue weighted by atomic mass is 16.5. The topological polar surface area (TPSA) is 78.9 Å². The first-order valence-electron chi connectivity index (χ1n) is 7.65. The molecular weight excluding hydrogens is 272 g/mol. The highest BCUT2D eigenvalue weighted by Gasteiger charge is 2.33. The Hall–Kier alpha value is -1.30. The van der Waals surface area contributed by atoms with Gasteiger partial charge in [-0.05, 0) is 38.0 Å². The number of carboxylic acid groups (broad SMARTS) is 1. The number of likely N-dealkylation sites (tertiary alicyclic amines) is 1. The van der Waals surface area contributed by atoms with Crippen LogP contribution in [-0.2, 0) is 9.53 Å². The Labute approximate surface area is 126 Å². The van der Waals surface area contributed by atoms with Gasteiger partial charge in [0.25, 0.3) is 0 Å². The van der Waals surface area contributed by atoms with E-state index in [4.69, 9.17) is 4.74 Å². The molecule has 122 valence electrons. The molecule has 0 aliphatic carbocycles. The first-order chi connectivity index (χ1) is 9.86. The summed E-state index contributed by atoms with van der Waals surface area (Å²) in [6, 6.07) is -0.993. The third-order valence-corrected chi connectivity index (χ3v) is 4.30. The van der Waals surface area contributed by atoms with Crippen molar-refractivity contribution >= 4 is 12.0 Å². The van der Waals surface area contributed by atoms with Crippen molar-refractivity contribution in [3.8, 4) is 0 Å². The number of aliphatic carboxylic acids is 1. The van der Waals surface area contributed by atoms with Crippen LogP contribution in [0.4, 0.5) is 4.79 Å². The van der Waals surface area contributed by atoms with E-state index >= 15 is 0 Å². The van der Waals surface area contributed by atoms with Crippen LogP contribution in [0.5, 0.6) is 0 Å². The third kappa shape index (κ3) is 5.19. The van der Waals surface area contributed by atoms with E-state index in [-0.39, 0.29) is 12.1 Å². The van der Waals surface area contributed by atoms with Gasteiger partial charge in [-0.25, -0.2) is 9.59 Å². The number of ether oxygens (including phenoxy) is 1. The number of hydrogen-bond donors (Lipinski definition) is 2. The van der Waals surface area contributed by atoms with E-state index in [9.17, 15) is 14.7 Å². The van der Waals surface area contributed by atoms with Gasteiger partial charge in [0.05, 0.1) is 0 Å². The summed E-state index contributed by atoms with van der Waals surface area (Å²) in [5, 5.41) is 11.9. The lowest BCUT2D eigenvalue weighted by molar-refractivity contribution is -0.139. The average Bonchev–Trinajstić information content (AvgIpc) is 2.41. The molecule has 0 aromatic carbocycles. The SMILES string of the molecule is COCCCC(NC(=O)N1CC(C)CC(C)C1C)C(=O)O. The smallest absolute Gasteiger partial charge is 0.326 e. The van der Waals surface area contributed by atoms with Crippen LogP contribution in [0.25, 0.3) is 0 Å². The quantitative estimate of drug-likeness (QED) is 0.735. The lowest BCUT2D eigenvalue weighted by Crippen LogP contribution is -2.55. The maximum absolute atomic E-state index is 12.4. The Bertz CT molecular complexity index is 362. The summed E-state index contributed by atoms with van der Waals surface area (Å²) in [4.78, 5) is 25.4. The van der Waals surface area contributed by atoms with Crippen LogP contribution in [0, 0.1) is 11.8 Å². The molecule has 6 heteroatoms. The van der Waals surface area contributed by atoms with Crippen LogP contribution >= 0.6 is 0 Å². The van der Waals surface area contributed by atoms with E-state index in [1.165, 1.54) is 0 Å². The molecule has 0 bridgehead atoms. The summed E-state index contributed by atoms with van der Waals surface area (Å²) >= 11 is 0. The van der Waals surface area contributed by atoms with Gasteiger partial charge < -0.3 is 20.1 Å². The molecule has 0 aromatic rings. The second-order valence-electron chi connectivity index (χ2n) is 6.19. The Morgan fingerprint density at radius 1 is 1.38 bits per heavy atom. The minimum atomic E-state index is -0.995. The Morgan fingerprint density at radius 3 is 2.62 bits per heavy atom. The summed E-state index contributed by atoms with van der Waals surface area (Å²) in [7, 11) is 1.58. The van der Waals surface area contributed by atoms with Gasteiger partial charge in [-0.3, -0.25) is 0 Å². The van der Waals surface area contributed by atoms with Crippen LogP contribution in [0.2, 0.25) is 0 Å². The Morgan fingerprint density at radius 2 is 2.05 bits per heavy atom. The van der Waals surface area contributed by atoms with Crippen LogP contribution in [0.3, 0.4) is 0 Å². The molecule has 2 N–H and O–H groups in total. The molecule has 1 fully saturated rings. The molecule has 21 heavy (non-hydrogen) atoms. The normalized spacial score (nSPS) is 27.2. The lowest BCUT2D eigenvalue weighted by Gasteiger charge is -2.41. The predicted octanol–water partition coefficient (Wildman–Crippen LogP) is 1.94. The molecule has 1 saturated heterocycles. The molecule has 0 aromatic heterocycles. The fraction of sp³-hybridized carbons (Fsp3) is 0.867. The van der Waals surface area contributed by atoms with Gasteiger partial charge in [0, 0.05) is 26.3 Å². The van der Waals surface area contributed by atoms with Gasteiger partial charge in [0.15, 0.2) is 0 Å². The van der Waals surface area contributed by atoms with Crippen molar-refractivity contribution in [1.82, 2.24) is 10.2 Å². The Kier molecular flexibility index (Phi) is 6.95. The minimum Gasteiger partial charge on any atom is -0.480 e. The van der Waals surface area contributed by atoms with Crippen molar-refractivity contribution in [3.63, 3.8) is 0 Å². The van der Waals surface area contributed by atoms with E-state index in [1.807, 2.05) is 6.92 Å². The number of nitrogens with zero attached hydrogens (tertiary/aromatic N) is 1. The zero-order chi connectivity index (χ0) is 16.0. The zero-order valence-corrected chi connectivity index (χ0v) is 13.5. The van der Waals surface area contributed by atoms with Gasteiger partial charge >= 0.3 is 12.0 Å². The number of rotatable bonds is 6. The molecule has 1 aliphatic heterocycles. The van der Waals surface area contributed by atoms with Gasteiger partial charge in [0.2, 0.25) is 0 Å². The molecule has 4 unspecified atom stereocenters. The fourth-order valence-corrected chi connectivity index (χ4v) is 2.90. The third-order valence-electron chi connectivity index (χ3n) is 4.30. The molecular formula is C15H28N2O4. The van der Waals surface area contributed by atoms with E-state index in [0.29, 0.717) is 37.8 Å². The number of piperidine rings is 1. The van der Waals surface area contributed by atoms with Crippen molar-refractivity contribution in [1.29, 1.82) is 0 Å². The van der Waals surface area contributed by atoms with Crippen LogP contribution in [0.1, 0.15) is 40.0 Å². The average molecular weight is 300 g/mol. The van der Waals surface area contributed by atoms with Gasteiger partial charge in [-0.2, -0.15) is 0 Å². The Balaban J connectivity index is 2.61. The highest BCUT2D eigenvalue weighted by Crippen LogP contribution is 2.26. The number of carboxylic acids is 1. The van der Waals surface area contributed by atoms with Gasteiger partial charge in [0.1, 0.15) is 6.04 Å². The van der Waals surface area contributed by atoms with E-state index in [2.05, 4.69) is 19.2 Å². The van der Waals surface area contributed by atoms with Crippen LogP contribution in [-0.4, -0.2) is 54.4 Å². The van der Waals surface area contributed by atoms with Crippen molar-refractivity contribution < 1.29 is 19.4 Å². The number of hydrogen-bond acceptors (Lipinski definition) is 3. The summed E-state index contributed by atoms with van der Waals surface area (Å²) in [6.07, 6.45) is 2.08. The summed E-state index contributed by atoms with van der Waals surface area (Å²) in [5.74, 6) is -0.125. The maximum Gasteiger partial charge on any atom is 0.326 e. The van der Waals surface area contributed by atoms with E-state index in [0.717, 1.165) is 6.42 Å². The molecule has 0 saturated carbocycles. The maximum atomic E-state index is 12.4. The van der Waals surface area contributed by atoms with Crippen molar-refractivity contribution in [2.45, 2.75) is 52.1 Å². The van der Waals surface area contributed by atoms with E-state index in [1.54, 1.807) is 12.0 Å². The molecule has 1 rings (SSSR count). The number of urea groups is 1. The number of amides is 2. The molecule has 1 aliphatic rings. The number of carbonyl (C=O) groups excluding carboxylic acids is 1. The second-order valence-corrected chi connectivity index (χ2v) is 6.19. The molecule has 1 heterocycles. The first kappa shape index (κ1) is 17.8. The van der Waals surface area contributed by atoms with Gasteiger partial charge in [-0.1, -0.05) is 13.8 Å². The largest absolute Gasteiger partial charge is 0.480 e. The van der Waals surface area contributed by atoms with Crippen LogP contribution < -0.4 is 5.32 Å². The molecule has 0 spiro atoms. The molecule has 6 nitrogen and oxygen atoms in total. The fourth-order valence-electron chi connectivity index (χ4n) is 2.90. The molecule has 4 atom stereocenters. The monoisotopic (exact) mass is 300 g/mol. The van der Waals surface area contributed by atoms with Gasteiger partial charge in [-0.15, -0.1) is 0 Å². The predicted molar refractivity (Wildman–Crippen MR) is 80.2 cm³/mol. The van der Waals surface area contributed by atoms with E-state index < -0.39 is 12.0 Å². The first-order valence-corrected chi connectivity index (χ1v) is 7.65. The summed E-state index contributed by atoms with van der Waals surface area (Å²) in [6.45, 7) is 7.45. The zero-order valence-electron chi connectivity index (χ0n) is 13.5. The molecule has 0 radical (unpaired) electrons. The van der Waals surface area contributed by atoms with Crippen molar-refractivity contribution in [3.05, 3.63) is 0 Å². The number of nitrogens with one attached hydrogen (secondary N) is 1.